The number of hydrogen-bond acceptors (Lipinski definition) is 6. The lowest BCUT2D eigenvalue weighted by molar-refractivity contribution is 0.227. The summed E-state index contributed by atoms with van der Waals surface area (Å²) in [4.78, 5) is 0. The molecule has 2 aromatic rings. The molecule has 2 aromatic carbocycles. The summed E-state index contributed by atoms with van der Waals surface area (Å²) in [5, 5.41) is 23.6. The van der Waals surface area contributed by atoms with Crippen molar-refractivity contribution in [1.29, 1.82) is 0 Å². The maximum atomic E-state index is 10.3. The van der Waals surface area contributed by atoms with Crippen LogP contribution in [0.3, 0.4) is 0 Å². The SMILES string of the molecule is COc1ccc(C2(CCO)NCCc3cc(OC)c(OC)cc32)cc1O. The number of aliphatic hydroxyl groups is 1. The van der Waals surface area contributed by atoms with E-state index in [9.17, 15) is 10.2 Å². The highest BCUT2D eigenvalue weighted by molar-refractivity contribution is 5.56. The molecule has 140 valence electrons. The quantitative estimate of drug-likeness (QED) is 0.734. The fraction of sp³-hybridized carbons (Fsp3) is 0.400. The number of rotatable bonds is 6. The van der Waals surface area contributed by atoms with E-state index in [1.165, 1.54) is 7.11 Å². The van der Waals surface area contributed by atoms with E-state index in [0.717, 1.165) is 29.7 Å². The van der Waals surface area contributed by atoms with Gasteiger partial charge in [-0.2, -0.15) is 0 Å². The van der Waals surface area contributed by atoms with Crippen molar-refractivity contribution in [1.82, 2.24) is 5.32 Å². The molecule has 1 aliphatic rings. The second-order valence-electron chi connectivity index (χ2n) is 6.31. The van der Waals surface area contributed by atoms with E-state index >= 15 is 0 Å². The number of methoxy groups -OCH3 is 3. The van der Waals surface area contributed by atoms with Gasteiger partial charge in [-0.25, -0.2) is 0 Å². The Morgan fingerprint density at radius 3 is 2.31 bits per heavy atom. The normalized spacial score (nSPS) is 18.9. The summed E-state index contributed by atoms with van der Waals surface area (Å²) in [6.07, 6.45) is 1.30. The highest BCUT2D eigenvalue weighted by Crippen LogP contribution is 2.44. The Morgan fingerprint density at radius 2 is 1.69 bits per heavy atom. The van der Waals surface area contributed by atoms with Crippen molar-refractivity contribution in [3.63, 3.8) is 0 Å². The van der Waals surface area contributed by atoms with Crippen molar-refractivity contribution in [3.8, 4) is 23.0 Å². The number of nitrogens with one attached hydrogen (secondary N) is 1. The van der Waals surface area contributed by atoms with Crippen molar-refractivity contribution in [3.05, 3.63) is 47.0 Å². The van der Waals surface area contributed by atoms with E-state index in [1.807, 2.05) is 18.2 Å². The van der Waals surface area contributed by atoms with Gasteiger partial charge in [-0.1, -0.05) is 6.07 Å². The summed E-state index contributed by atoms with van der Waals surface area (Å²) in [6.45, 7) is 0.739. The van der Waals surface area contributed by atoms with Gasteiger partial charge in [0.15, 0.2) is 23.0 Å². The summed E-state index contributed by atoms with van der Waals surface area (Å²) >= 11 is 0. The molecule has 0 saturated heterocycles. The summed E-state index contributed by atoms with van der Waals surface area (Å²) in [5.41, 5.74) is 2.37. The van der Waals surface area contributed by atoms with Crippen LogP contribution in [0, 0.1) is 0 Å². The third kappa shape index (κ3) is 2.95. The minimum absolute atomic E-state index is 0.00637. The fourth-order valence-corrected chi connectivity index (χ4v) is 3.78. The molecule has 1 unspecified atom stereocenters. The molecule has 0 spiro atoms. The molecule has 26 heavy (non-hydrogen) atoms. The Balaban J connectivity index is 2.21. The van der Waals surface area contributed by atoms with Gasteiger partial charge in [0, 0.05) is 13.2 Å². The first-order chi connectivity index (χ1) is 12.6. The van der Waals surface area contributed by atoms with Crippen molar-refractivity contribution >= 4 is 0 Å². The molecule has 0 saturated carbocycles. The Labute approximate surface area is 153 Å². The van der Waals surface area contributed by atoms with Crippen LogP contribution in [-0.2, 0) is 12.0 Å². The van der Waals surface area contributed by atoms with Crippen LogP contribution in [0.4, 0.5) is 0 Å². The van der Waals surface area contributed by atoms with Gasteiger partial charge in [0.2, 0.25) is 0 Å². The van der Waals surface area contributed by atoms with Crippen molar-refractivity contribution < 1.29 is 24.4 Å². The Morgan fingerprint density at radius 1 is 1.00 bits per heavy atom. The lowest BCUT2D eigenvalue weighted by Gasteiger charge is -2.41. The van der Waals surface area contributed by atoms with E-state index in [0.29, 0.717) is 23.7 Å². The number of fused-ring (bicyclic) bond motifs is 1. The molecule has 0 fully saturated rings. The molecule has 6 heteroatoms. The molecule has 6 nitrogen and oxygen atoms in total. The molecule has 1 atom stereocenters. The molecule has 0 amide bonds. The van der Waals surface area contributed by atoms with E-state index < -0.39 is 5.54 Å². The number of aliphatic hydroxyl groups excluding tert-OH is 1. The number of hydrogen-bond donors (Lipinski definition) is 3. The molecular weight excluding hydrogens is 334 g/mol. The topological polar surface area (TPSA) is 80.2 Å². The first-order valence-corrected chi connectivity index (χ1v) is 8.58. The molecule has 3 N–H and O–H groups in total. The lowest BCUT2D eigenvalue weighted by Crippen LogP contribution is -2.48. The predicted molar refractivity (Wildman–Crippen MR) is 98.4 cm³/mol. The molecular formula is C20H25NO5. The number of ether oxygens (including phenoxy) is 3. The molecule has 0 aliphatic carbocycles. The van der Waals surface area contributed by atoms with Crippen molar-refractivity contribution in [2.75, 3.05) is 34.5 Å². The highest BCUT2D eigenvalue weighted by Gasteiger charge is 2.39. The van der Waals surface area contributed by atoms with Gasteiger partial charge in [0.1, 0.15) is 0 Å². The van der Waals surface area contributed by atoms with Gasteiger partial charge in [-0.05, 0) is 53.8 Å². The zero-order valence-electron chi connectivity index (χ0n) is 15.3. The zero-order chi connectivity index (χ0) is 18.7. The first-order valence-electron chi connectivity index (χ1n) is 8.58. The molecule has 1 heterocycles. The monoisotopic (exact) mass is 359 g/mol. The average molecular weight is 359 g/mol. The van der Waals surface area contributed by atoms with Crippen LogP contribution >= 0.6 is 0 Å². The van der Waals surface area contributed by atoms with Gasteiger partial charge in [0.25, 0.3) is 0 Å². The summed E-state index contributed by atoms with van der Waals surface area (Å²) in [7, 11) is 4.74. The Hall–Kier alpha value is -2.44. The minimum Gasteiger partial charge on any atom is -0.504 e. The van der Waals surface area contributed by atoms with Crippen LogP contribution in [0.5, 0.6) is 23.0 Å². The van der Waals surface area contributed by atoms with Crippen LogP contribution in [-0.4, -0.2) is 44.7 Å². The molecule has 0 aromatic heterocycles. The second-order valence-corrected chi connectivity index (χ2v) is 6.31. The lowest BCUT2D eigenvalue weighted by atomic mass is 9.75. The van der Waals surface area contributed by atoms with Crippen LogP contribution in [0.2, 0.25) is 0 Å². The van der Waals surface area contributed by atoms with Gasteiger partial charge in [-0.3, -0.25) is 0 Å². The van der Waals surface area contributed by atoms with Crippen molar-refractivity contribution in [2.24, 2.45) is 0 Å². The predicted octanol–water partition coefficient (Wildman–Crippen LogP) is 2.19. The fourth-order valence-electron chi connectivity index (χ4n) is 3.78. The maximum absolute atomic E-state index is 10.3. The summed E-state index contributed by atoms with van der Waals surface area (Å²) < 4.78 is 16.1. The van der Waals surface area contributed by atoms with E-state index in [-0.39, 0.29) is 12.4 Å². The average Bonchev–Trinajstić information content (AvgIpc) is 2.67. The van der Waals surface area contributed by atoms with Gasteiger partial charge in [0.05, 0.1) is 26.9 Å². The van der Waals surface area contributed by atoms with Crippen LogP contribution in [0.25, 0.3) is 0 Å². The standard InChI is InChI=1S/C20H25NO5/c1-24-17-5-4-14(11-16(17)23)20(7-9-22)15-12-19(26-3)18(25-2)10-13(15)6-8-21-20/h4-5,10-12,21-23H,6-9H2,1-3H3. The number of phenols is 1. The second kappa shape index (κ2) is 7.43. The Kier molecular flexibility index (Phi) is 5.25. The molecule has 1 aliphatic heterocycles. The van der Waals surface area contributed by atoms with E-state index in [2.05, 4.69) is 5.32 Å². The van der Waals surface area contributed by atoms with Gasteiger partial charge >= 0.3 is 0 Å². The Bertz CT molecular complexity index is 792. The van der Waals surface area contributed by atoms with Crippen LogP contribution in [0.1, 0.15) is 23.1 Å². The van der Waals surface area contributed by atoms with E-state index in [4.69, 9.17) is 14.2 Å². The highest BCUT2D eigenvalue weighted by atomic mass is 16.5. The zero-order valence-corrected chi connectivity index (χ0v) is 15.3. The minimum atomic E-state index is -0.633. The molecule has 0 bridgehead atoms. The number of phenolic OH excluding ortho intramolecular Hbond substituents is 1. The van der Waals surface area contributed by atoms with Crippen LogP contribution in [0.15, 0.2) is 30.3 Å². The third-order valence-electron chi connectivity index (χ3n) is 5.05. The first kappa shape index (κ1) is 18.4. The molecule has 3 rings (SSSR count). The number of benzene rings is 2. The molecule has 0 radical (unpaired) electrons. The largest absolute Gasteiger partial charge is 0.504 e. The van der Waals surface area contributed by atoms with Gasteiger partial charge in [-0.15, -0.1) is 0 Å². The smallest absolute Gasteiger partial charge is 0.161 e. The van der Waals surface area contributed by atoms with Crippen LogP contribution < -0.4 is 19.5 Å². The number of aromatic hydroxyl groups is 1. The summed E-state index contributed by atoms with van der Waals surface area (Å²) in [6, 6.07) is 9.28. The van der Waals surface area contributed by atoms with Gasteiger partial charge < -0.3 is 29.7 Å². The summed E-state index contributed by atoms with van der Waals surface area (Å²) in [5.74, 6) is 1.80. The van der Waals surface area contributed by atoms with Crippen molar-refractivity contribution in [2.45, 2.75) is 18.4 Å². The third-order valence-corrected chi connectivity index (χ3v) is 5.05. The van der Waals surface area contributed by atoms with E-state index in [1.54, 1.807) is 26.4 Å². The maximum Gasteiger partial charge on any atom is 0.161 e.